The summed E-state index contributed by atoms with van der Waals surface area (Å²) in [5, 5.41) is 7.32. The number of amides is 1. The van der Waals surface area contributed by atoms with Gasteiger partial charge in [-0.2, -0.15) is 5.10 Å². The van der Waals surface area contributed by atoms with Crippen molar-refractivity contribution in [3.05, 3.63) is 54.2 Å². The summed E-state index contributed by atoms with van der Waals surface area (Å²) in [6.07, 6.45) is 1.55. The minimum atomic E-state index is -3.77. The fraction of sp³-hybridized carbons (Fsp3) is 0. The third-order valence-corrected chi connectivity index (χ3v) is 4.56. The largest absolute Gasteiger partial charge is 0.366 e. The topological polar surface area (TPSA) is 118 Å². The molecule has 0 spiro atoms. The predicted molar refractivity (Wildman–Crippen MR) is 81.9 cm³/mol. The fourth-order valence-electron chi connectivity index (χ4n) is 2.06. The van der Waals surface area contributed by atoms with Crippen LogP contribution in [0.4, 0.5) is 5.69 Å². The van der Waals surface area contributed by atoms with Gasteiger partial charge in [-0.1, -0.05) is 6.07 Å². The van der Waals surface area contributed by atoms with E-state index in [2.05, 4.69) is 14.9 Å². The highest BCUT2D eigenvalue weighted by Crippen LogP contribution is 2.24. The number of hydrogen-bond acceptors (Lipinski definition) is 4. The molecule has 0 aliphatic rings. The molecular weight excluding hydrogens is 304 g/mol. The molecule has 0 aliphatic carbocycles. The molecule has 22 heavy (non-hydrogen) atoms. The van der Waals surface area contributed by atoms with Crippen LogP contribution in [0.15, 0.2) is 53.6 Å². The van der Waals surface area contributed by atoms with Gasteiger partial charge in [0.15, 0.2) is 0 Å². The van der Waals surface area contributed by atoms with Crippen LogP contribution in [0.1, 0.15) is 10.4 Å². The molecule has 2 aromatic carbocycles. The highest BCUT2D eigenvalue weighted by Gasteiger charge is 2.16. The van der Waals surface area contributed by atoms with Gasteiger partial charge in [-0.3, -0.25) is 14.6 Å². The van der Waals surface area contributed by atoms with E-state index in [0.29, 0.717) is 11.1 Å². The molecule has 8 heteroatoms. The molecule has 0 unspecified atom stereocenters. The van der Waals surface area contributed by atoms with E-state index in [4.69, 9.17) is 5.73 Å². The summed E-state index contributed by atoms with van der Waals surface area (Å²) in [6.45, 7) is 0. The number of aromatic nitrogens is 2. The molecule has 0 saturated carbocycles. The first-order valence-electron chi connectivity index (χ1n) is 6.32. The Morgan fingerprint density at radius 2 is 1.86 bits per heavy atom. The number of primary amides is 1. The average Bonchev–Trinajstić information content (AvgIpc) is 2.96. The van der Waals surface area contributed by atoms with Gasteiger partial charge < -0.3 is 5.73 Å². The molecule has 0 atom stereocenters. The number of nitrogens with two attached hydrogens (primary N) is 1. The van der Waals surface area contributed by atoms with E-state index in [0.717, 1.165) is 5.52 Å². The number of carbonyl (C=O) groups is 1. The number of anilines is 1. The number of hydrogen-bond donors (Lipinski definition) is 3. The Morgan fingerprint density at radius 3 is 2.55 bits per heavy atom. The van der Waals surface area contributed by atoms with Crippen molar-refractivity contribution < 1.29 is 13.2 Å². The van der Waals surface area contributed by atoms with Crippen molar-refractivity contribution in [1.29, 1.82) is 0 Å². The van der Waals surface area contributed by atoms with Gasteiger partial charge in [-0.15, -0.1) is 0 Å². The lowest BCUT2D eigenvalue weighted by atomic mass is 10.2. The highest BCUT2D eigenvalue weighted by atomic mass is 32.2. The van der Waals surface area contributed by atoms with Gasteiger partial charge in [-0.05, 0) is 36.4 Å². The summed E-state index contributed by atoms with van der Waals surface area (Å²) in [5.74, 6) is -0.611. The monoisotopic (exact) mass is 316 g/mol. The second kappa shape index (κ2) is 5.15. The van der Waals surface area contributed by atoms with Crippen molar-refractivity contribution in [1.82, 2.24) is 10.2 Å². The number of carbonyl (C=O) groups excluding carboxylic acids is 1. The number of fused-ring (bicyclic) bond motifs is 1. The minimum absolute atomic E-state index is 0.0398. The van der Waals surface area contributed by atoms with E-state index in [1.165, 1.54) is 24.3 Å². The Balaban J connectivity index is 1.96. The zero-order valence-corrected chi connectivity index (χ0v) is 12.1. The van der Waals surface area contributed by atoms with Gasteiger partial charge in [0.1, 0.15) is 0 Å². The average molecular weight is 316 g/mol. The molecule has 4 N–H and O–H groups in total. The zero-order valence-electron chi connectivity index (χ0n) is 11.3. The lowest BCUT2D eigenvalue weighted by Gasteiger charge is -2.09. The first-order valence-corrected chi connectivity index (χ1v) is 7.80. The first kappa shape index (κ1) is 14.1. The van der Waals surface area contributed by atoms with E-state index in [1.54, 1.807) is 24.4 Å². The molecule has 112 valence electrons. The Labute approximate surface area is 126 Å². The Bertz CT molecular complexity index is 946. The first-order chi connectivity index (χ1) is 10.5. The van der Waals surface area contributed by atoms with Gasteiger partial charge in [-0.25, -0.2) is 8.42 Å². The third-order valence-electron chi connectivity index (χ3n) is 3.18. The van der Waals surface area contributed by atoms with Crippen LogP contribution < -0.4 is 10.5 Å². The van der Waals surface area contributed by atoms with Crippen molar-refractivity contribution in [3.8, 4) is 0 Å². The number of sulfonamides is 1. The standard InChI is InChI=1S/C14H12N4O3S/c15-14(19)9-4-6-10(7-5-9)22(20,21)18-13-3-1-2-12-11(13)8-16-17-12/h1-8,18H,(H2,15,19)(H,16,17). The molecule has 0 aliphatic heterocycles. The number of benzene rings is 2. The van der Waals surface area contributed by atoms with Crippen molar-refractivity contribution in [2.24, 2.45) is 5.73 Å². The molecule has 1 heterocycles. The van der Waals surface area contributed by atoms with Crippen molar-refractivity contribution in [3.63, 3.8) is 0 Å². The molecule has 3 rings (SSSR count). The maximum absolute atomic E-state index is 12.4. The quantitative estimate of drug-likeness (QED) is 0.675. The molecule has 7 nitrogen and oxygen atoms in total. The van der Waals surface area contributed by atoms with E-state index < -0.39 is 15.9 Å². The molecular formula is C14H12N4O3S. The molecule has 1 amide bonds. The Hall–Kier alpha value is -2.87. The molecule has 1 aromatic heterocycles. The number of aromatic amines is 1. The summed E-state index contributed by atoms with van der Waals surface area (Å²) in [7, 11) is -3.77. The van der Waals surface area contributed by atoms with Crippen molar-refractivity contribution in [2.45, 2.75) is 4.90 Å². The van der Waals surface area contributed by atoms with Gasteiger partial charge in [0.25, 0.3) is 10.0 Å². The summed E-state index contributed by atoms with van der Waals surface area (Å²) in [5.41, 5.74) is 6.53. The van der Waals surface area contributed by atoms with Gasteiger partial charge >= 0.3 is 0 Å². The van der Waals surface area contributed by atoms with Gasteiger partial charge in [0, 0.05) is 10.9 Å². The number of nitrogens with one attached hydrogen (secondary N) is 2. The lowest BCUT2D eigenvalue weighted by molar-refractivity contribution is 0.1000. The number of rotatable bonds is 4. The summed E-state index contributed by atoms with van der Waals surface area (Å²) < 4.78 is 27.3. The molecule has 0 bridgehead atoms. The van der Waals surface area contributed by atoms with Crippen LogP contribution in [0, 0.1) is 0 Å². The van der Waals surface area contributed by atoms with Crippen LogP contribution >= 0.6 is 0 Å². The molecule has 3 aromatic rings. The smallest absolute Gasteiger partial charge is 0.261 e. The number of nitrogens with zero attached hydrogens (tertiary/aromatic N) is 1. The van der Waals surface area contributed by atoms with E-state index in [9.17, 15) is 13.2 Å². The van der Waals surface area contributed by atoms with Crippen molar-refractivity contribution in [2.75, 3.05) is 4.72 Å². The van der Waals surface area contributed by atoms with Crippen LogP contribution in [0.25, 0.3) is 10.9 Å². The lowest BCUT2D eigenvalue weighted by Crippen LogP contribution is -2.14. The molecule has 0 saturated heterocycles. The van der Waals surface area contributed by atoms with E-state index in [1.807, 2.05) is 0 Å². The summed E-state index contributed by atoms with van der Waals surface area (Å²) in [4.78, 5) is 11.1. The van der Waals surface area contributed by atoms with Gasteiger partial charge in [0.2, 0.25) is 5.91 Å². The van der Waals surface area contributed by atoms with Crippen LogP contribution in [-0.2, 0) is 10.0 Å². The van der Waals surface area contributed by atoms with Crippen molar-refractivity contribution >= 4 is 32.5 Å². The molecule has 0 radical (unpaired) electrons. The highest BCUT2D eigenvalue weighted by molar-refractivity contribution is 7.92. The van der Waals surface area contributed by atoms with Crippen LogP contribution in [0.5, 0.6) is 0 Å². The molecule has 0 fully saturated rings. The van der Waals surface area contributed by atoms with Crippen LogP contribution in [-0.4, -0.2) is 24.5 Å². The normalized spacial score (nSPS) is 11.5. The fourth-order valence-corrected chi connectivity index (χ4v) is 3.14. The second-order valence-corrected chi connectivity index (χ2v) is 6.31. The van der Waals surface area contributed by atoms with E-state index in [-0.39, 0.29) is 10.5 Å². The maximum Gasteiger partial charge on any atom is 0.261 e. The SMILES string of the molecule is NC(=O)c1ccc(S(=O)(=O)Nc2cccc3[nH]ncc23)cc1. The minimum Gasteiger partial charge on any atom is -0.366 e. The summed E-state index contributed by atoms with van der Waals surface area (Å²) >= 11 is 0. The van der Waals surface area contributed by atoms with Gasteiger partial charge in [0.05, 0.1) is 22.3 Å². The second-order valence-electron chi connectivity index (χ2n) is 4.63. The van der Waals surface area contributed by atoms with Crippen LogP contribution in [0.3, 0.4) is 0 Å². The number of H-pyrrole nitrogens is 1. The zero-order chi connectivity index (χ0) is 15.7. The van der Waals surface area contributed by atoms with E-state index >= 15 is 0 Å². The predicted octanol–water partition coefficient (Wildman–Crippen LogP) is 1.46. The Kier molecular flexibility index (Phi) is 3.30. The third kappa shape index (κ3) is 2.51. The summed E-state index contributed by atoms with van der Waals surface area (Å²) in [6, 6.07) is 10.6. The Morgan fingerprint density at radius 1 is 1.14 bits per heavy atom. The maximum atomic E-state index is 12.4. The van der Waals surface area contributed by atoms with Crippen LogP contribution in [0.2, 0.25) is 0 Å².